The molecule has 4 aliphatic rings. The number of rotatable bonds is 6. The summed E-state index contributed by atoms with van der Waals surface area (Å²) in [4.78, 5) is 0. The average Bonchev–Trinajstić information content (AvgIpc) is 3.27. The molecule has 16 heteroatoms. The van der Waals surface area contributed by atoms with Gasteiger partial charge in [0.2, 0.25) is 0 Å². The van der Waals surface area contributed by atoms with Crippen molar-refractivity contribution in [1.82, 2.24) is 5.32 Å². The highest BCUT2D eigenvalue weighted by atomic mass is 16.9. The van der Waals surface area contributed by atoms with Gasteiger partial charge >= 0.3 is 5.97 Å². The summed E-state index contributed by atoms with van der Waals surface area (Å²) in [6.45, 7) is -1.33. The van der Waals surface area contributed by atoms with E-state index in [-0.39, 0.29) is 6.42 Å². The van der Waals surface area contributed by atoms with Gasteiger partial charge in [-0.1, -0.05) is 0 Å². The van der Waals surface area contributed by atoms with Crippen LogP contribution in [0, 0.1) is 0 Å². The Kier molecular flexibility index (Phi) is 8.55. The fraction of sp³-hybridized carbons (Fsp3) is 1.00. The molecule has 4 rings (SSSR count). The van der Waals surface area contributed by atoms with Gasteiger partial charge in [-0.25, -0.2) is 0 Å². The summed E-state index contributed by atoms with van der Waals surface area (Å²) < 4.78 is 28.7. The van der Waals surface area contributed by atoms with Gasteiger partial charge in [-0.05, 0) is 13.5 Å². The highest BCUT2D eigenvalue weighted by Gasteiger charge is 2.67. The Morgan fingerprint density at radius 1 is 0.944 bits per heavy atom. The van der Waals surface area contributed by atoms with Crippen LogP contribution in [0.25, 0.3) is 0 Å². The SMILES string of the molecule is CN[C@@H]1C[C@H](N)[C@@H](O)[C@H](O[C@@H]2O[C@H](CO)[C@H](O)[C@@H]3O[C@]4(O[C@H]23)O[C@H]([C@@H](N)CO)[C@@H](O)[C@H](O)[C@H]4O)[C@H]1O. The number of hydrogen-bond acceptors (Lipinski definition) is 16. The Labute approximate surface area is 206 Å². The van der Waals surface area contributed by atoms with Crippen LogP contribution in [-0.4, -0.2) is 159 Å². The van der Waals surface area contributed by atoms with Crippen LogP contribution in [0.2, 0.25) is 0 Å². The van der Waals surface area contributed by atoms with E-state index in [4.69, 9.17) is 35.2 Å². The van der Waals surface area contributed by atoms with Crippen molar-refractivity contribution in [3.63, 3.8) is 0 Å². The molecule has 4 fully saturated rings. The number of nitrogens with two attached hydrogens (primary N) is 2. The second-order valence-electron chi connectivity index (χ2n) is 9.72. The number of aliphatic hydroxyl groups is 8. The van der Waals surface area contributed by atoms with Crippen LogP contribution in [-0.2, 0) is 23.7 Å². The Bertz CT molecular complexity index is 756. The summed E-state index contributed by atoms with van der Waals surface area (Å²) in [5, 5.41) is 85.6. The van der Waals surface area contributed by atoms with Gasteiger partial charge in [0.1, 0.15) is 48.8 Å². The topological polar surface area (TPSA) is 272 Å². The van der Waals surface area contributed by atoms with Crippen LogP contribution in [0.15, 0.2) is 0 Å². The second kappa shape index (κ2) is 10.9. The van der Waals surface area contributed by atoms with Gasteiger partial charge in [0.05, 0.1) is 31.5 Å². The molecular formula is C20H37N3O13. The monoisotopic (exact) mass is 527 g/mol. The zero-order chi connectivity index (χ0) is 26.5. The van der Waals surface area contributed by atoms with Crippen molar-refractivity contribution in [2.75, 3.05) is 20.3 Å². The van der Waals surface area contributed by atoms with E-state index < -0.39 is 111 Å². The lowest BCUT2D eigenvalue weighted by Crippen LogP contribution is -2.69. The van der Waals surface area contributed by atoms with Crippen LogP contribution >= 0.6 is 0 Å². The van der Waals surface area contributed by atoms with Crippen molar-refractivity contribution in [3.8, 4) is 0 Å². The molecule has 1 saturated carbocycles. The van der Waals surface area contributed by atoms with Crippen molar-refractivity contribution in [3.05, 3.63) is 0 Å². The van der Waals surface area contributed by atoms with Gasteiger partial charge in [-0.15, -0.1) is 0 Å². The highest BCUT2D eigenvalue weighted by molar-refractivity contribution is 5.05. The van der Waals surface area contributed by atoms with E-state index >= 15 is 0 Å². The van der Waals surface area contributed by atoms with Gasteiger partial charge in [0.25, 0.3) is 0 Å². The fourth-order valence-electron chi connectivity index (χ4n) is 5.23. The largest absolute Gasteiger partial charge is 0.395 e. The molecule has 210 valence electrons. The maximum absolute atomic E-state index is 10.7. The third-order valence-electron chi connectivity index (χ3n) is 7.42. The third kappa shape index (κ3) is 4.68. The van der Waals surface area contributed by atoms with E-state index in [2.05, 4.69) is 5.32 Å². The van der Waals surface area contributed by atoms with Crippen molar-refractivity contribution in [1.29, 1.82) is 0 Å². The number of nitrogens with one attached hydrogen (secondary N) is 1. The number of ether oxygens (including phenoxy) is 5. The summed E-state index contributed by atoms with van der Waals surface area (Å²) in [7, 11) is 1.60. The lowest BCUT2D eigenvalue weighted by molar-refractivity contribution is -0.439. The molecule has 16 atom stereocenters. The average molecular weight is 528 g/mol. The van der Waals surface area contributed by atoms with E-state index in [0.717, 1.165) is 0 Å². The van der Waals surface area contributed by atoms with E-state index in [1.54, 1.807) is 7.05 Å². The highest BCUT2D eigenvalue weighted by Crippen LogP contribution is 2.45. The van der Waals surface area contributed by atoms with Gasteiger partial charge in [-0.3, -0.25) is 0 Å². The van der Waals surface area contributed by atoms with E-state index in [1.807, 2.05) is 0 Å². The minimum atomic E-state index is -2.48. The summed E-state index contributed by atoms with van der Waals surface area (Å²) in [5.41, 5.74) is 11.8. The van der Waals surface area contributed by atoms with E-state index in [0.29, 0.717) is 0 Å². The third-order valence-corrected chi connectivity index (χ3v) is 7.42. The molecule has 1 aliphatic carbocycles. The molecule has 3 aliphatic heterocycles. The van der Waals surface area contributed by atoms with Gasteiger partial charge in [-0.2, -0.15) is 0 Å². The molecule has 3 saturated heterocycles. The molecule has 0 bridgehead atoms. The zero-order valence-electron chi connectivity index (χ0n) is 19.6. The molecule has 0 amide bonds. The van der Waals surface area contributed by atoms with E-state index in [9.17, 15) is 40.9 Å². The summed E-state index contributed by atoms with van der Waals surface area (Å²) in [6.07, 6.45) is -17.7. The summed E-state index contributed by atoms with van der Waals surface area (Å²) in [5.74, 6) is -2.48. The second-order valence-corrected chi connectivity index (χ2v) is 9.72. The number of fused-ring (bicyclic) bond motifs is 1. The Balaban J connectivity index is 1.62. The molecule has 1 spiro atoms. The normalized spacial score (nSPS) is 54.4. The van der Waals surface area contributed by atoms with Gasteiger partial charge in [0, 0.05) is 12.1 Å². The molecular weight excluding hydrogens is 490 g/mol. The molecule has 13 N–H and O–H groups in total. The number of likely N-dealkylation sites (N-methyl/N-ethyl adjacent to an activating group) is 1. The summed E-state index contributed by atoms with van der Waals surface area (Å²) >= 11 is 0. The molecule has 16 nitrogen and oxygen atoms in total. The van der Waals surface area contributed by atoms with Crippen molar-refractivity contribution in [2.45, 2.75) is 104 Å². The first-order valence-electron chi connectivity index (χ1n) is 11.8. The predicted octanol–water partition coefficient (Wildman–Crippen LogP) is -7.27. The van der Waals surface area contributed by atoms with E-state index in [1.165, 1.54) is 0 Å². The Hall–Kier alpha value is -0.640. The molecule has 36 heavy (non-hydrogen) atoms. The molecule has 0 unspecified atom stereocenters. The quantitative estimate of drug-likeness (QED) is 0.153. The Morgan fingerprint density at radius 3 is 2.22 bits per heavy atom. The van der Waals surface area contributed by atoms with Gasteiger partial charge in [0.15, 0.2) is 12.4 Å². The van der Waals surface area contributed by atoms with Crippen LogP contribution < -0.4 is 16.8 Å². The Morgan fingerprint density at radius 2 is 1.61 bits per heavy atom. The summed E-state index contributed by atoms with van der Waals surface area (Å²) in [6, 6.07) is -2.50. The minimum absolute atomic E-state index is 0.254. The van der Waals surface area contributed by atoms with Crippen LogP contribution in [0.3, 0.4) is 0 Å². The molecule has 0 aromatic carbocycles. The van der Waals surface area contributed by atoms with Gasteiger partial charge < -0.3 is 81.3 Å². The van der Waals surface area contributed by atoms with Crippen LogP contribution in [0.4, 0.5) is 0 Å². The minimum Gasteiger partial charge on any atom is -0.395 e. The van der Waals surface area contributed by atoms with Crippen LogP contribution in [0.5, 0.6) is 0 Å². The maximum Gasteiger partial charge on any atom is 0.314 e. The van der Waals surface area contributed by atoms with Crippen molar-refractivity contribution >= 4 is 0 Å². The smallest absolute Gasteiger partial charge is 0.314 e. The molecule has 3 heterocycles. The first-order valence-corrected chi connectivity index (χ1v) is 11.8. The fourth-order valence-corrected chi connectivity index (χ4v) is 5.23. The predicted molar refractivity (Wildman–Crippen MR) is 115 cm³/mol. The molecule has 0 aromatic heterocycles. The lowest BCUT2D eigenvalue weighted by Gasteiger charge is -2.46. The lowest BCUT2D eigenvalue weighted by atomic mass is 9.84. The number of hydrogen-bond donors (Lipinski definition) is 11. The van der Waals surface area contributed by atoms with Crippen molar-refractivity contribution < 1.29 is 64.5 Å². The van der Waals surface area contributed by atoms with Crippen LogP contribution in [0.1, 0.15) is 6.42 Å². The maximum atomic E-state index is 10.7. The van der Waals surface area contributed by atoms with Crippen molar-refractivity contribution in [2.24, 2.45) is 11.5 Å². The first kappa shape index (κ1) is 28.4. The molecule has 0 aromatic rings. The number of aliphatic hydroxyl groups excluding tert-OH is 8. The zero-order valence-corrected chi connectivity index (χ0v) is 19.6. The first-order chi connectivity index (χ1) is 17.0. The molecule has 0 radical (unpaired) electrons. The standard InChI is InChI=1S/C20H37N3O13/c1-23-7-2-5(21)9(26)15(10(7)27)33-19-17-16(11(28)8(4-25)32-19)35-20(36-17)18(31)13(30)12(29)14(34-20)6(22)3-24/h5-19,23-31H,2-4,21-22H2,1H3/t5-,6-,7+,8+,9+,10-,11-,12-,13-,14+,15-,16-,17-,18+,19-,20+/m0/s1.